The number of nitrogens with zero attached hydrogens (tertiary/aromatic N) is 3. The molecule has 13 heavy (non-hydrogen) atoms. The Labute approximate surface area is 76.1 Å². The van der Waals surface area contributed by atoms with Crippen LogP contribution >= 0.6 is 0 Å². The first-order valence-electron chi connectivity index (χ1n) is 4.38. The first-order chi connectivity index (χ1) is 6.29. The van der Waals surface area contributed by atoms with Crippen molar-refractivity contribution in [3.8, 4) is 0 Å². The standard InChI is InChI=1S/C7H13N5O/c1-7(2-4-13-5-3-7)8-6-9-11-12-10-6/h2-5H2,1H3,(H2,8,9,10,11,12). The van der Waals surface area contributed by atoms with Gasteiger partial charge in [0.05, 0.1) is 0 Å². The third kappa shape index (κ3) is 1.95. The van der Waals surface area contributed by atoms with Crippen molar-refractivity contribution in [3.05, 3.63) is 0 Å². The Morgan fingerprint density at radius 2 is 2.23 bits per heavy atom. The molecule has 0 amide bonds. The molecule has 1 aromatic rings. The normalized spacial score (nSPS) is 21.3. The molecule has 72 valence electrons. The number of H-pyrrole nitrogens is 1. The Morgan fingerprint density at radius 3 is 2.85 bits per heavy atom. The Balaban J connectivity index is 1.99. The van der Waals surface area contributed by atoms with Crippen LogP contribution in [-0.4, -0.2) is 39.4 Å². The summed E-state index contributed by atoms with van der Waals surface area (Å²) in [5, 5.41) is 16.9. The summed E-state index contributed by atoms with van der Waals surface area (Å²) in [5.41, 5.74) is 0.0438. The summed E-state index contributed by atoms with van der Waals surface area (Å²) >= 11 is 0. The maximum absolute atomic E-state index is 5.28. The predicted molar refractivity (Wildman–Crippen MR) is 46.3 cm³/mol. The summed E-state index contributed by atoms with van der Waals surface area (Å²) in [4.78, 5) is 0. The second-order valence-corrected chi connectivity index (χ2v) is 3.53. The molecule has 1 fully saturated rings. The molecule has 0 saturated carbocycles. The smallest absolute Gasteiger partial charge is 0.263 e. The molecule has 0 aromatic carbocycles. The largest absolute Gasteiger partial charge is 0.381 e. The fraction of sp³-hybridized carbons (Fsp3) is 0.857. The number of aromatic amines is 1. The van der Waals surface area contributed by atoms with Crippen LogP contribution in [0.4, 0.5) is 5.95 Å². The van der Waals surface area contributed by atoms with Crippen LogP contribution in [0.2, 0.25) is 0 Å². The summed E-state index contributed by atoms with van der Waals surface area (Å²) in [6.45, 7) is 3.73. The lowest BCUT2D eigenvalue weighted by molar-refractivity contribution is 0.0656. The van der Waals surface area contributed by atoms with E-state index < -0.39 is 0 Å². The van der Waals surface area contributed by atoms with E-state index in [0.29, 0.717) is 5.95 Å². The molecular weight excluding hydrogens is 170 g/mol. The Morgan fingerprint density at radius 1 is 1.46 bits per heavy atom. The lowest BCUT2D eigenvalue weighted by atomic mass is 9.93. The van der Waals surface area contributed by atoms with Crippen molar-refractivity contribution in [2.24, 2.45) is 0 Å². The molecule has 1 saturated heterocycles. The van der Waals surface area contributed by atoms with Crippen LogP contribution in [0, 0.1) is 0 Å². The average molecular weight is 183 g/mol. The summed E-state index contributed by atoms with van der Waals surface area (Å²) in [5.74, 6) is 0.560. The Kier molecular flexibility index (Phi) is 2.13. The molecule has 2 rings (SSSR count). The van der Waals surface area contributed by atoms with Crippen LogP contribution in [0.15, 0.2) is 0 Å². The van der Waals surface area contributed by atoms with E-state index in [2.05, 4.69) is 32.9 Å². The van der Waals surface area contributed by atoms with Gasteiger partial charge in [-0.2, -0.15) is 5.21 Å². The highest BCUT2D eigenvalue weighted by Gasteiger charge is 2.28. The predicted octanol–water partition coefficient (Wildman–Crippen LogP) is 0.181. The fourth-order valence-corrected chi connectivity index (χ4v) is 1.43. The Bertz CT molecular complexity index is 254. The minimum atomic E-state index is 0.0438. The highest BCUT2D eigenvalue weighted by atomic mass is 16.5. The van der Waals surface area contributed by atoms with E-state index in [1.807, 2.05) is 0 Å². The van der Waals surface area contributed by atoms with Crippen LogP contribution in [0.3, 0.4) is 0 Å². The molecule has 1 aromatic heterocycles. The molecule has 0 radical (unpaired) electrons. The molecule has 0 spiro atoms. The quantitative estimate of drug-likeness (QED) is 0.684. The van der Waals surface area contributed by atoms with Gasteiger partial charge in [-0.1, -0.05) is 5.10 Å². The molecule has 1 aliphatic heterocycles. The van der Waals surface area contributed by atoms with Crippen molar-refractivity contribution in [2.45, 2.75) is 25.3 Å². The molecule has 6 nitrogen and oxygen atoms in total. The molecule has 0 atom stereocenters. The molecular formula is C7H13N5O. The van der Waals surface area contributed by atoms with Gasteiger partial charge in [0.25, 0.3) is 5.95 Å². The fourth-order valence-electron chi connectivity index (χ4n) is 1.43. The summed E-state index contributed by atoms with van der Waals surface area (Å²) < 4.78 is 5.28. The van der Waals surface area contributed by atoms with Crippen molar-refractivity contribution in [1.29, 1.82) is 0 Å². The third-order valence-corrected chi connectivity index (χ3v) is 2.36. The van der Waals surface area contributed by atoms with E-state index in [1.54, 1.807) is 0 Å². The van der Waals surface area contributed by atoms with Crippen molar-refractivity contribution < 1.29 is 4.74 Å². The minimum absolute atomic E-state index is 0.0438. The number of nitrogens with one attached hydrogen (secondary N) is 2. The van der Waals surface area contributed by atoms with Crippen LogP contribution in [-0.2, 0) is 4.74 Å². The van der Waals surface area contributed by atoms with E-state index >= 15 is 0 Å². The number of rotatable bonds is 2. The minimum Gasteiger partial charge on any atom is -0.381 e. The number of anilines is 1. The van der Waals surface area contributed by atoms with E-state index in [0.717, 1.165) is 26.1 Å². The number of hydrogen-bond acceptors (Lipinski definition) is 5. The number of hydrogen-bond donors (Lipinski definition) is 2. The molecule has 1 aliphatic rings. The molecule has 2 N–H and O–H groups in total. The summed E-state index contributed by atoms with van der Waals surface area (Å²) in [6, 6.07) is 0. The van der Waals surface area contributed by atoms with E-state index in [1.165, 1.54) is 0 Å². The second-order valence-electron chi connectivity index (χ2n) is 3.53. The van der Waals surface area contributed by atoms with Gasteiger partial charge in [0.15, 0.2) is 0 Å². The molecule has 0 unspecified atom stereocenters. The number of tetrazole rings is 1. The van der Waals surface area contributed by atoms with E-state index in [4.69, 9.17) is 4.74 Å². The zero-order valence-electron chi connectivity index (χ0n) is 7.58. The first-order valence-corrected chi connectivity index (χ1v) is 4.38. The van der Waals surface area contributed by atoms with Gasteiger partial charge in [0, 0.05) is 18.8 Å². The van der Waals surface area contributed by atoms with Gasteiger partial charge in [0.1, 0.15) is 0 Å². The van der Waals surface area contributed by atoms with Gasteiger partial charge in [-0.25, -0.2) is 0 Å². The number of aromatic nitrogens is 4. The first kappa shape index (κ1) is 8.43. The lowest BCUT2D eigenvalue weighted by Crippen LogP contribution is -2.40. The van der Waals surface area contributed by atoms with Crippen LogP contribution < -0.4 is 5.32 Å². The van der Waals surface area contributed by atoms with Gasteiger partial charge in [-0.15, -0.1) is 5.10 Å². The van der Waals surface area contributed by atoms with Crippen molar-refractivity contribution in [1.82, 2.24) is 20.6 Å². The third-order valence-electron chi connectivity index (χ3n) is 2.36. The molecule has 0 bridgehead atoms. The van der Waals surface area contributed by atoms with Gasteiger partial charge < -0.3 is 10.1 Å². The van der Waals surface area contributed by atoms with Gasteiger partial charge in [-0.3, -0.25) is 0 Å². The molecule has 0 aliphatic carbocycles. The van der Waals surface area contributed by atoms with E-state index in [9.17, 15) is 0 Å². The molecule has 6 heteroatoms. The van der Waals surface area contributed by atoms with Crippen molar-refractivity contribution >= 4 is 5.95 Å². The van der Waals surface area contributed by atoms with Crippen molar-refractivity contribution in [2.75, 3.05) is 18.5 Å². The van der Waals surface area contributed by atoms with Crippen LogP contribution in [0.1, 0.15) is 19.8 Å². The second kappa shape index (κ2) is 3.29. The molecule has 2 heterocycles. The maximum atomic E-state index is 5.28. The van der Waals surface area contributed by atoms with Crippen LogP contribution in [0.5, 0.6) is 0 Å². The summed E-state index contributed by atoms with van der Waals surface area (Å²) in [7, 11) is 0. The maximum Gasteiger partial charge on any atom is 0.263 e. The van der Waals surface area contributed by atoms with Gasteiger partial charge in [0.2, 0.25) is 0 Å². The van der Waals surface area contributed by atoms with Crippen molar-refractivity contribution in [3.63, 3.8) is 0 Å². The number of ether oxygens (including phenoxy) is 1. The average Bonchev–Trinajstić information content (AvgIpc) is 2.57. The van der Waals surface area contributed by atoms with Gasteiger partial charge >= 0.3 is 0 Å². The monoisotopic (exact) mass is 183 g/mol. The zero-order chi connectivity index (χ0) is 9.15. The topological polar surface area (TPSA) is 75.7 Å². The van der Waals surface area contributed by atoms with Gasteiger partial charge in [-0.05, 0) is 25.0 Å². The summed E-state index contributed by atoms with van der Waals surface area (Å²) in [6.07, 6.45) is 1.95. The SMILES string of the molecule is CC1(Nc2nn[nH]n2)CCOCC1. The highest BCUT2D eigenvalue weighted by molar-refractivity contribution is 5.25. The highest BCUT2D eigenvalue weighted by Crippen LogP contribution is 2.22. The van der Waals surface area contributed by atoms with E-state index in [-0.39, 0.29) is 5.54 Å². The Hall–Kier alpha value is -1.17. The zero-order valence-corrected chi connectivity index (χ0v) is 7.58. The lowest BCUT2D eigenvalue weighted by Gasteiger charge is -2.33. The van der Waals surface area contributed by atoms with Crippen LogP contribution in [0.25, 0.3) is 0 Å².